The van der Waals surface area contributed by atoms with Gasteiger partial charge in [0.05, 0.1) is 32.5 Å². The van der Waals surface area contributed by atoms with Crippen LogP contribution in [0, 0.1) is 0 Å². The SMILES string of the molecule is CC(=O)OC/C=C1/OC(COCc2ccccc2)CC(OCc2ccccc2)C1OCc1ccccc1. The second kappa shape index (κ2) is 14.3. The molecule has 1 heterocycles. The van der Waals surface area contributed by atoms with Crippen LogP contribution in [0.1, 0.15) is 30.0 Å². The number of rotatable bonds is 12. The van der Waals surface area contributed by atoms with E-state index in [-0.39, 0.29) is 24.8 Å². The minimum absolute atomic E-state index is 0.0961. The van der Waals surface area contributed by atoms with Gasteiger partial charge in [-0.05, 0) is 22.8 Å². The molecule has 1 aliphatic rings. The van der Waals surface area contributed by atoms with E-state index in [0.717, 1.165) is 16.7 Å². The maximum Gasteiger partial charge on any atom is 0.302 e. The van der Waals surface area contributed by atoms with Gasteiger partial charge >= 0.3 is 5.97 Å². The first kappa shape index (κ1) is 26.6. The summed E-state index contributed by atoms with van der Waals surface area (Å²) in [5.41, 5.74) is 3.24. The summed E-state index contributed by atoms with van der Waals surface area (Å²) in [6.45, 7) is 3.23. The molecule has 3 unspecified atom stereocenters. The summed E-state index contributed by atoms with van der Waals surface area (Å²) in [6, 6.07) is 30.1. The Bertz CT molecular complexity index is 1100. The molecule has 0 aromatic heterocycles. The van der Waals surface area contributed by atoms with Crippen LogP contribution in [0.25, 0.3) is 0 Å². The average Bonchev–Trinajstić information content (AvgIpc) is 2.93. The first-order chi connectivity index (χ1) is 18.2. The standard InChI is InChI=1S/C31H34O6/c1-24(32)34-18-17-29-31(36-22-27-15-9-4-10-16-27)30(35-21-26-13-7-3-8-14-26)19-28(37-29)23-33-20-25-11-5-2-6-12-25/h2-17,28,30-31H,18-23H2,1H3/b29-17+. The molecular weight excluding hydrogens is 468 g/mol. The Morgan fingerprint density at radius 1 is 0.811 bits per heavy atom. The smallest absolute Gasteiger partial charge is 0.302 e. The van der Waals surface area contributed by atoms with Gasteiger partial charge < -0.3 is 23.7 Å². The minimum Gasteiger partial charge on any atom is -0.490 e. The average molecular weight is 503 g/mol. The summed E-state index contributed by atoms with van der Waals surface area (Å²) >= 11 is 0. The van der Waals surface area contributed by atoms with Gasteiger partial charge in [0.1, 0.15) is 24.6 Å². The number of esters is 1. The van der Waals surface area contributed by atoms with E-state index in [0.29, 0.717) is 38.6 Å². The molecule has 0 N–H and O–H groups in total. The van der Waals surface area contributed by atoms with Crippen molar-refractivity contribution in [3.63, 3.8) is 0 Å². The van der Waals surface area contributed by atoms with Crippen molar-refractivity contribution in [2.24, 2.45) is 0 Å². The van der Waals surface area contributed by atoms with E-state index >= 15 is 0 Å². The highest BCUT2D eigenvalue weighted by atomic mass is 16.6. The van der Waals surface area contributed by atoms with E-state index in [9.17, 15) is 4.79 Å². The van der Waals surface area contributed by atoms with Crippen LogP contribution >= 0.6 is 0 Å². The lowest BCUT2D eigenvalue weighted by atomic mass is 10.00. The summed E-state index contributed by atoms with van der Waals surface area (Å²) in [6.07, 6.45) is 1.41. The molecular formula is C31H34O6. The fraction of sp³-hybridized carbons (Fsp3) is 0.323. The number of hydrogen-bond donors (Lipinski definition) is 0. The second-order valence-corrected chi connectivity index (χ2v) is 8.94. The highest BCUT2D eigenvalue weighted by Gasteiger charge is 2.37. The summed E-state index contributed by atoms with van der Waals surface area (Å²) in [5, 5.41) is 0. The lowest BCUT2D eigenvalue weighted by molar-refractivity contribution is -0.151. The summed E-state index contributed by atoms with van der Waals surface area (Å²) in [7, 11) is 0. The van der Waals surface area contributed by atoms with Crippen LogP contribution in [0.5, 0.6) is 0 Å². The van der Waals surface area contributed by atoms with Crippen LogP contribution in [-0.4, -0.2) is 37.5 Å². The molecule has 1 fully saturated rings. The van der Waals surface area contributed by atoms with Crippen LogP contribution in [0.3, 0.4) is 0 Å². The van der Waals surface area contributed by atoms with Crippen molar-refractivity contribution >= 4 is 5.97 Å². The summed E-state index contributed by atoms with van der Waals surface area (Å²) in [4.78, 5) is 11.4. The predicted molar refractivity (Wildman–Crippen MR) is 140 cm³/mol. The van der Waals surface area contributed by atoms with Crippen LogP contribution in [0.2, 0.25) is 0 Å². The molecule has 194 valence electrons. The van der Waals surface area contributed by atoms with Crippen molar-refractivity contribution < 1.29 is 28.5 Å². The second-order valence-electron chi connectivity index (χ2n) is 8.94. The largest absolute Gasteiger partial charge is 0.490 e. The van der Waals surface area contributed by atoms with Crippen LogP contribution in [0.4, 0.5) is 0 Å². The van der Waals surface area contributed by atoms with Gasteiger partial charge in [-0.25, -0.2) is 0 Å². The van der Waals surface area contributed by atoms with E-state index < -0.39 is 6.10 Å². The number of ether oxygens (including phenoxy) is 5. The van der Waals surface area contributed by atoms with Crippen molar-refractivity contribution in [1.29, 1.82) is 0 Å². The van der Waals surface area contributed by atoms with Gasteiger partial charge in [-0.2, -0.15) is 0 Å². The van der Waals surface area contributed by atoms with Crippen LogP contribution in [0.15, 0.2) is 103 Å². The fourth-order valence-electron chi connectivity index (χ4n) is 4.15. The maximum atomic E-state index is 11.4. The lowest BCUT2D eigenvalue weighted by Crippen LogP contribution is -2.44. The molecule has 0 amide bonds. The first-order valence-electron chi connectivity index (χ1n) is 12.6. The quantitative estimate of drug-likeness (QED) is 0.300. The van der Waals surface area contributed by atoms with E-state index in [1.807, 2.05) is 91.0 Å². The monoisotopic (exact) mass is 502 g/mol. The van der Waals surface area contributed by atoms with Crippen molar-refractivity contribution in [3.8, 4) is 0 Å². The van der Waals surface area contributed by atoms with E-state index in [4.69, 9.17) is 23.7 Å². The van der Waals surface area contributed by atoms with Crippen LogP contribution < -0.4 is 0 Å². The molecule has 1 aliphatic heterocycles. The Labute approximate surface area is 218 Å². The van der Waals surface area contributed by atoms with E-state index in [1.54, 1.807) is 6.08 Å². The van der Waals surface area contributed by atoms with E-state index in [2.05, 4.69) is 0 Å². The fourth-order valence-corrected chi connectivity index (χ4v) is 4.15. The highest BCUT2D eigenvalue weighted by molar-refractivity contribution is 5.66. The van der Waals surface area contributed by atoms with Crippen molar-refractivity contribution in [2.45, 2.75) is 51.5 Å². The topological polar surface area (TPSA) is 63.2 Å². The first-order valence-corrected chi connectivity index (χ1v) is 12.6. The molecule has 0 radical (unpaired) electrons. The molecule has 3 aromatic carbocycles. The molecule has 0 spiro atoms. The molecule has 0 saturated carbocycles. The lowest BCUT2D eigenvalue weighted by Gasteiger charge is -2.38. The normalized spacial score (nSPS) is 20.4. The Morgan fingerprint density at radius 2 is 1.35 bits per heavy atom. The molecule has 3 aromatic rings. The van der Waals surface area contributed by atoms with Crippen molar-refractivity contribution in [2.75, 3.05) is 13.2 Å². The van der Waals surface area contributed by atoms with Gasteiger partial charge in [0.25, 0.3) is 0 Å². The third-order valence-corrected chi connectivity index (χ3v) is 5.98. The molecule has 37 heavy (non-hydrogen) atoms. The third kappa shape index (κ3) is 8.86. The Hall–Kier alpha value is -3.45. The highest BCUT2D eigenvalue weighted by Crippen LogP contribution is 2.30. The zero-order chi connectivity index (χ0) is 25.7. The minimum atomic E-state index is -0.454. The molecule has 4 rings (SSSR count). The zero-order valence-corrected chi connectivity index (χ0v) is 21.2. The van der Waals surface area contributed by atoms with Gasteiger partial charge in [-0.15, -0.1) is 0 Å². The molecule has 6 heteroatoms. The number of benzene rings is 3. The van der Waals surface area contributed by atoms with Gasteiger partial charge in [-0.1, -0.05) is 91.0 Å². The zero-order valence-electron chi connectivity index (χ0n) is 21.2. The Balaban J connectivity index is 1.48. The molecule has 3 atom stereocenters. The Kier molecular flexibility index (Phi) is 10.3. The van der Waals surface area contributed by atoms with Crippen LogP contribution in [-0.2, 0) is 48.3 Å². The van der Waals surface area contributed by atoms with Gasteiger partial charge in [-0.3, -0.25) is 4.79 Å². The van der Waals surface area contributed by atoms with Gasteiger partial charge in [0, 0.05) is 13.3 Å². The predicted octanol–water partition coefficient (Wildman–Crippen LogP) is 5.61. The Morgan fingerprint density at radius 3 is 1.92 bits per heavy atom. The summed E-state index contributed by atoms with van der Waals surface area (Å²) in [5.74, 6) is 0.240. The third-order valence-electron chi connectivity index (χ3n) is 5.98. The number of carbonyl (C=O) groups excluding carboxylic acids is 1. The van der Waals surface area contributed by atoms with Crippen molar-refractivity contribution in [3.05, 3.63) is 120 Å². The summed E-state index contributed by atoms with van der Waals surface area (Å²) < 4.78 is 30.3. The number of carbonyl (C=O) groups is 1. The number of hydrogen-bond acceptors (Lipinski definition) is 6. The van der Waals surface area contributed by atoms with Crippen molar-refractivity contribution in [1.82, 2.24) is 0 Å². The molecule has 6 nitrogen and oxygen atoms in total. The molecule has 1 saturated heterocycles. The maximum absolute atomic E-state index is 11.4. The van der Waals surface area contributed by atoms with Gasteiger partial charge in [0.15, 0.2) is 0 Å². The van der Waals surface area contributed by atoms with E-state index in [1.165, 1.54) is 6.92 Å². The molecule has 0 bridgehead atoms. The van der Waals surface area contributed by atoms with Gasteiger partial charge in [0.2, 0.25) is 0 Å². The molecule has 0 aliphatic carbocycles.